The van der Waals surface area contributed by atoms with Crippen LogP contribution in [0.5, 0.6) is 0 Å². The highest BCUT2D eigenvalue weighted by molar-refractivity contribution is 7.92. The highest BCUT2D eigenvalue weighted by Crippen LogP contribution is 2.25. The van der Waals surface area contributed by atoms with Crippen molar-refractivity contribution in [3.05, 3.63) is 40.8 Å². The standard InChI is InChI=1S/C11H8ClFN4O2S/c1-17-11(8(12)6-15-17)20(18,19)16-10-4-2-3-9(13)7(10)5-14/h2-4,6,16H,1H3. The third-order valence-corrected chi connectivity index (χ3v) is 4.34. The average Bonchev–Trinajstić information content (AvgIpc) is 2.69. The van der Waals surface area contributed by atoms with Gasteiger partial charge < -0.3 is 0 Å². The van der Waals surface area contributed by atoms with Crippen molar-refractivity contribution in [3.8, 4) is 6.07 Å². The van der Waals surface area contributed by atoms with Crippen LogP contribution in [0, 0.1) is 17.1 Å². The predicted octanol–water partition coefficient (Wildman–Crippen LogP) is 1.89. The van der Waals surface area contributed by atoms with Gasteiger partial charge in [-0.3, -0.25) is 9.40 Å². The van der Waals surface area contributed by atoms with E-state index in [1.54, 1.807) is 6.07 Å². The lowest BCUT2D eigenvalue weighted by Gasteiger charge is -2.10. The van der Waals surface area contributed by atoms with Crippen LogP contribution in [0.25, 0.3) is 0 Å². The van der Waals surface area contributed by atoms with Gasteiger partial charge in [-0.05, 0) is 12.1 Å². The Bertz CT molecular complexity index is 791. The number of benzene rings is 1. The zero-order valence-electron chi connectivity index (χ0n) is 10.1. The second kappa shape index (κ2) is 5.11. The van der Waals surface area contributed by atoms with Crippen molar-refractivity contribution in [2.45, 2.75) is 5.03 Å². The normalized spacial score (nSPS) is 11.1. The second-order valence-corrected chi connectivity index (χ2v) is 5.81. The summed E-state index contributed by atoms with van der Waals surface area (Å²) in [6.45, 7) is 0. The number of anilines is 1. The predicted molar refractivity (Wildman–Crippen MR) is 70.1 cm³/mol. The Morgan fingerprint density at radius 1 is 1.50 bits per heavy atom. The molecule has 0 fully saturated rings. The second-order valence-electron chi connectivity index (χ2n) is 3.80. The summed E-state index contributed by atoms with van der Waals surface area (Å²) in [5, 5.41) is 12.2. The molecule has 0 unspecified atom stereocenters. The van der Waals surface area contributed by atoms with Crippen LogP contribution in [-0.2, 0) is 17.1 Å². The van der Waals surface area contributed by atoms with Crippen LogP contribution in [0.3, 0.4) is 0 Å². The molecule has 20 heavy (non-hydrogen) atoms. The maximum absolute atomic E-state index is 13.4. The fourth-order valence-electron chi connectivity index (χ4n) is 1.62. The monoisotopic (exact) mass is 314 g/mol. The highest BCUT2D eigenvalue weighted by atomic mass is 35.5. The first-order valence-electron chi connectivity index (χ1n) is 5.25. The van der Waals surface area contributed by atoms with Gasteiger partial charge in [-0.1, -0.05) is 17.7 Å². The first-order chi connectivity index (χ1) is 9.36. The van der Waals surface area contributed by atoms with Gasteiger partial charge in [-0.15, -0.1) is 0 Å². The first kappa shape index (κ1) is 14.3. The van der Waals surface area contributed by atoms with E-state index < -0.39 is 21.4 Å². The van der Waals surface area contributed by atoms with E-state index in [0.29, 0.717) is 0 Å². The first-order valence-corrected chi connectivity index (χ1v) is 7.12. The molecule has 0 spiro atoms. The molecule has 0 radical (unpaired) electrons. The molecule has 1 heterocycles. The molecule has 1 aromatic heterocycles. The fraction of sp³-hybridized carbons (Fsp3) is 0.0909. The SMILES string of the molecule is Cn1ncc(Cl)c1S(=O)(=O)Nc1cccc(F)c1C#N. The summed E-state index contributed by atoms with van der Waals surface area (Å²) in [4.78, 5) is 0. The van der Waals surface area contributed by atoms with E-state index in [4.69, 9.17) is 16.9 Å². The number of sulfonamides is 1. The van der Waals surface area contributed by atoms with Crippen molar-refractivity contribution in [1.29, 1.82) is 5.26 Å². The molecule has 1 N–H and O–H groups in total. The van der Waals surface area contributed by atoms with E-state index in [1.807, 2.05) is 0 Å². The van der Waals surface area contributed by atoms with Crippen LogP contribution in [-0.4, -0.2) is 18.2 Å². The average molecular weight is 315 g/mol. The Morgan fingerprint density at radius 3 is 2.75 bits per heavy atom. The number of nitrogens with one attached hydrogen (secondary N) is 1. The summed E-state index contributed by atoms with van der Waals surface area (Å²) in [5.74, 6) is -0.816. The molecule has 104 valence electrons. The number of hydrogen-bond donors (Lipinski definition) is 1. The maximum Gasteiger partial charge on any atom is 0.280 e. The van der Waals surface area contributed by atoms with E-state index >= 15 is 0 Å². The number of rotatable bonds is 3. The minimum atomic E-state index is -4.08. The van der Waals surface area contributed by atoms with E-state index in [9.17, 15) is 12.8 Å². The molecule has 0 bridgehead atoms. The van der Waals surface area contributed by atoms with Gasteiger partial charge in [0.1, 0.15) is 17.4 Å². The van der Waals surface area contributed by atoms with Gasteiger partial charge >= 0.3 is 0 Å². The van der Waals surface area contributed by atoms with Gasteiger partial charge in [0, 0.05) is 7.05 Å². The molecule has 1 aromatic carbocycles. The molecule has 0 saturated heterocycles. The van der Waals surface area contributed by atoms with Crippen molar-refractivity contribution in [2.75, 3.05) is 4.72 Å². The van der Waals surface area contributed by atoms with Crippen molar-refractivity contribution >= 4 is 27.3 Å². The molecule has 0 aliphatic rings. The topological polar surface area (TPSA) is 87.8 Å². The number of hydrogen-bond acceptors (Lipinski definition) is 4. The summed E-state index contributed by atoms with van der Waals surface area (Å²) in [6, 6.07) is 5.24. The molecule has 0 aliphatic carbocycles. The largest absolute Gasteiger partial charge is 0.280 e. The van der Waals surface area contributed by atoms with Gasteiger partial charge in [-0.25, -0.2) is 4.39 Å². The van der Waals surface area contributed by atoms with Crippen LogP contribution >= 0.6 is 11.6 Å². The summed E-state index contributed by atoms with van der Waals surface area (Å²) in [7, 11) is -2.68. The number of aryl methyl sites for hydroxylation is 1. The highest BCUT2D eigenvalue weighted by Gasteiger charge is 2.24. The lowest BCUT2D eigenvalue weighted by molar-refractivity contribution is 0.582. The summed E-state index contributed by atoms with van der Waals surface area (Å²) in [5.41, 5.74) is -0.556. The Labute approximate surface area is 119 Å². The van der Waals surface area contributed by atoms with Crippen LogP contribution < -0.4 is 4.72 Å². The van der Waals surface area contributed by atoms with E-state index in [2.05, 4.69) is 9.82 Å². The van der Waals surface area contributed by atoms with Gasteiger partial charge in [0.2, 0.25) is 0 Å². The fourth-order valence-corrected chi connectivity index (χ4v) is 3.35. The molecule has 2 rings (SSSR count). The molecule has 0 amide bonds. The van der Waals surface area contributed by atoms with Crippen molar-refractivity contribution in [1.82, 2.24) is 9.78 Å². The Morgan fingerprint density at radius 2 is 2.20 bits per heavy atom. The van der Waals surface area contributed by atoms with Crippen LogP contribution in [0.2, 0.25) is 5.02 Å². The minimum absolute atomic E-state index is 0.0742. The zero-order chi connectivity index (χ0) is 14.9. The van der Waals surface area contributed by atoms with Gasteiger partial charge in [-0.2, -0.15) is 18.8 Å². The minimum Gasteiger partial charge on any atom is -0.277 e. The Kier molecular flexibility index (Phi) is 3.65. The number of nitrogens with zero attached hydrogens (tertiary/aromatic N) is 3. The molecule has 0 atom stereocenters. The third kappa shape index (κ3) is 2.45. The smallest absolute Gasteiger partial charge is 0.277 e. The van der Waals surface area contributed by atoms with E-state index in [0.717, 1.165) is 10.7 Å². The summed E-state index contributed by atoms with van der Waals surface area (Å²) < 4.78 is 41.0. The molecule has 6 nitrogen and oxygen atoms in total. The molecule has 2 aromatic rings. The van der Waals surface area contributed by atoms with Crippen molar-refractivity contribution in [2.24, 2.45) is 7.05 Å². The van der Waals surface area contributed by atoms with E-state index in [-0.39, 0.29) is 15.7 Å². The zero-order valence-corrected chi connectivity index (χ0v) is 11.7. The lowest BCUT2D eigenvalue weighted by Crippen LogP contribution is -2.18. The Hall–Kier alpha value is -2.11. The maximum atomic E-state index is 13.4. The molecule has 9 heteroatoms. The van der Waals surface area contributed by atoms with Gasteiger partial charge in [0.15, 0.2) is 5.03 Å². The number of halogens is 2. The molecule has 0 saturated carbocycles. The summed E-state index contributed by atoms with van der Waals surface area (Å²) in [6.07, 6.45) is 1.17. The van der Waals surface area contributed by atoms with Gasteiger partial charge in [0.25, 0.3) is 10.0 Å². The summed E-state index contributed by atoms with van der Waals surface area (Å²) >= 11 is 5.76. The quantitative estimate of drug-likeness (QED) is 0.937. The molecular weight excluding hydrogens is 307 g/mol. The van der Waals surface area contributed by atoms with Crippen LogP contribution in [0.15, 0.2) is 29.4 Å². The number of aromatic nitrogens is 2. The van der Waals surface area contributed by atoms with Crippen LogP contribution in [0.1, 0.15) is 5.56 Å². The van der Waals surface area contributed by atoms with Crippen molar-refractivity contribution in [3.63, 3.8) is 0 Å². The van der Waals surface area contributed by atoms with Crippen LogP contribution in [0.4, 0.5) is 10.1 Å². The molecular formula is C11H8ClFN4O2S. The lowest BCUT2D eigenvalue weighted by atomic mass is 10.2. The Balaban J connectivity index is 2.50. The van der Waals surface area contributed by atoms with E-state index in [1.165, 1.54) is 25.4 Å². The van der Waals surface area contributed by atoms with Crippen molar-refractivity contribution < 1.29 is 12.8 Å². The van der Waals surface area contributed by atoms with Gasteiger partial charge in [0.05, 0.1) is 16.9 Å². The molecule has 0 aliphatic heterocycles. The third-order valence-electron chi connectivity index (χ3n) is 2.47. The number of nitriles is 1.